The van der Waals surface area contributed by atoms with Crippen LogP contribution < -0.4 is 0 Å². The SMILES string of the molecule is CCC[CH]C(Br)CC. The second-order valence-corrected chi connectivity index (χ2v) is 3.12. The first kappa shape index (κ1) is 8.48. The molecule has 0 nitrogen and oxygen atoms in total. The maximum atomic E-state index is 3.52. The highest BCUT2D eigenvalue weighted by Gasteiger charge is 1.97. The summed E-state index contributed by atoms with van der Waals surface area (Å²) in [4.78, 5) is 0.641. The third kappa shape index (κ3) is 4.63. The molecule has 0 bridgehead atoms. The van der Waals surface area contributed by atoms with Crippen molar-refractivity contribution in [1.29, 1.82) is 0 Å². The summed E-state index contributed by atoms with van der Waals surface area (Å²) in [5, 5.41) is 0. The van der Waals surface area contributed by atoms with Gasteiger partial charge in [-0.05, 0) is 19.3 Å². The zero-order valence-electron chi connectivity index (χ0n) is 5.65. The Bertz CT molecular complexity index is 43.7. The quantitative estimate of drug-likeness (QED) is 0.580. The van der Waals surface area contributed by atoms with Gasteiger partial charge in [0, 0.05) is 4.83 Å². The van der Waals surface area contributed by atoms with Crippen molar-refractivity contribution >= 4 is 15.9 Å². The lowest BCUT2D eigenvalue weighted by atomic mass is 10.2. The van der Waals surface area contributed by atoms with E-state index in [1.165, 1.54) is 19.3 Å². The van der Waals surface area contributed by atoms with Crippen molar-refractivity contribution in [3.63, 3.8) is 0 Å². The molecular formula is C7H14Br. The second kappa shape index (κ2) is 5.61. The molecular weight excluding hydrogens is 164 g/mol. The summed E-state index contributed by atoms with van der Waals surface area (Å²) in [5.41, 5.74) is 0. The molecule has 0 aliphatic rings. The smallest absolute Gasteiger partial charge is 0.0174 e. The molecule has 1 heteroatoms. The molecule has 0 fully saturated rings. The molecule has 0 heterocycles. The van der Waals surface area contributed by atoms with E-state index in [9.17, 15) is 0 Å². The summed E-state index contributed by atoms with van der Waals surface area (Å²) in [5.74, 6) is 0. The van der Waals surface area contributed by atoms with Crippen LogP contribution in [0.2, 0.25) is 0 Å². The molecule has 0 rings (SSSR count). The van der Waals surface area contributed by atoms with Crippen molar-refractivity contribution in [1.82, 2.24) is 0 Å². The normalized spacial score (nSPS) is 13.9. The molecule has 0 aromatic carbocycles. The van der Waals surface area contributed by atoms with E-state index < -0.39 is 0 Å². The molecule has 1 unspecified atom stereocenters. The fourth-order valence-electron chi connectivity index (χ4n) is 0.514. The molecule has 0 aliphatic heterocycles. The minimum absolute atomic E-state index is 0.641. The summed E-state index contributed by atoms with van der Waals surface area (Å²) < 4.78 is 0. The van der Waals surface area contributed by atoms with Gasteiger partial charge < -0.3 is 0 Å². The fourth-order valence-corrected chi connectivity index (χ4v) is 0.779. The first-order chi connectivity index (χ1) is 3.81. The lowest BCUT2D eigenvalue weighted by Crippen LogP contribution is -1.94. The topological polar surface area (TPSA) is 0 Å². The van der Waals surface area contributed by atoms with Crippen LogP contribution >= 0.6 is 15.9 Å². The van der Waals surface area contributed by atoms with Crippen molar-refractivity contribution < 1.29 is 0 Å². The van der Waals surface area contributed by atoms with Gasteiger partial charge >= 0.3 is 0 Å². The molecule has 1 atom stereocenters. The van der Waals surface area contributed by atoms with Crippen LogP contribution in [0.5, 0.6) is 0 Å². The number of hydrogen-bond acceptors (Lipinski definition) is 0. The Morgan fingerprint density at radius 1 is 1.50 bits per heavy atom. The molecule has 0 aromatic rings. The summed E-state index contributed by atoms with van der Waals surface area (Å²) in [6.07, 6.45) is 6.03. The first-order valence-corrected chi connectivity index (χ1v) is 4.20. The van der Waals surface area contributed by atoms with E-state index in [0.717, 1.165) is 0 Å². The maximum Gasteiger partial charge on any atom is 0.0174 e. The van der Waals surface area contributed by atoms with E-state index in [1.807, 2.05) is 0 Å². The Morgan fingerprint density at radius 2 is 2.12 bits per heavy atom. The lowest BCUT2D eigenvalue weighted by molar-refractivity contribution is 0.816. The summed E-state index contributed by atoms with van der Waals surface area (Å²) in [7, 11) is 0. The predicted octanol–water partition coefficient (Wildman–Crippen LogP) is 3.16. The highest BCUT2D eigenvalue weighted by atomic mass is 79.9. The molecule has 0 saturated heterocycles. The molecule has 49 valence electrons. The van der Waals surface area contributed by atoms with Gasteiger partial charge in [0.15, 0.2) is 0 Å². The fraction of sp³-hybridized carbons (Fsp3) is 0.857. The molecule has 0 amide bonds. The minimum Gasteiger partial charge on any atom is -0.0888 e. The molecule has 0 saturated carbocycles. The van der Waals surface area contributed by atoms with E-state index in [1.54, 1.807) is 0 Å². The molecule has 0 aliphatic carbocycles. The van der Waals surface area contributed by atoms with Gasteiger partial charge in [-0.25, -0.2) is 0 Å². The van der Waals surface area contributed by atoms with Gasteiger partial charge in [-0.2, -0.15) is 0 Å². The molecule has 1 radical (unpaired) electrons. The zero-order chi connectivity index (χ0) is 6.41. The van der Waals surface area contributed by atoms with Gasteiger partial charge in [0.25, 0.3) is 0 Å². The average molecular weight is 178 g/mol. The average Bonchev–Trinajstić information content (AvgIpc) is 1.83. The van der Waals surface area contributed by atoms with Crippen LogP contribution in [0.1, 0.15) is 33.1 Å². The predicted molar refractivity (Wildman–Crippen MR) is 42.2 cm³/mol. The van der Waals surface area contributed by atoms with Crippen molar-refractivity contribution in [2.24, 2.45) is 0 Å². The maximum absolute atomic E-state index is 3.52. The third-order valence-electron chi connectivity index (χ3n) is 1.10. The van der Waals surface area contributed by atoms with E-state index in [-0.39, 0.29) is 0 Å². The Hall–Kier alpha value is 0.480. The first-order valence-electron chi connectivity index (χ1n) is 3.28. The summed E-state index contributed by atoms with van der Waals surface area (Å²) in [6.45, 7) is 4.39. The van der Waals surface area contributed by atoms with Gasteiger partial charge in [-0.15, -0.1) is 0 Å². The second-order valence-electron chi connectivity index (χ2n) is 1.95. The van der Waals surface area contributed by atoms with E-state index in [4.69, 9.17) is 0 Å². The minimum atomic E-state index is 0.641. The zero-order valence-corrected chi connectivity index (χ0v) is 7.24. The largest absolute Gasteiger partial charge is 0.0888 e. The number of unbranched alkanes of at least 4 members (excludes halogenated alkanes) is 1. The van der Waals surface area contributed by atoms with Gasteiger partial charge in [-0.3, -0.25) is 0 Å². The number of alkyl halides is 1. The molecule has 8 heavy (non-hydrogen) atoms. The summed E-state index contributed by atoms with van der Waals surface area (Å²) >= 11 is 3.52. The van der Waals surface area contributed by atoms with Crippen LogP contribution in [-0.4, -0.2) is 4.83 Å². The Morgan fingerprint density at radius 3 is 2.50 bits per heavy atom. The molecule has 0 N–H and O–H groups in total. The van der Waals surface area contributed by atoms with Gasteiger partial charge in [-0.1, -0.05) is 36.2 Å². The Kier molecular flexibility index (Phi) is 5.95. The Labute approximate surface area is 60.8 Å². The lowest BCUT2D eigenvalue weighted by Gasteiger charge is -2.01. The van der Waals surface area contributed by atoms with Crippen molar-refractivity contribution in [3.05, 3.63) is 6.42 Å². The molecule has 0 aromatic heterocycles. The van der Waals surface area contributed by atoms with E-state index in [0.29, 0.717) is 4.83 Å². The highest BCUT2D eigenvalue weighted by molar-refractivity contribution is 9.09. The third-order valence-corrected chi connectivity index (χ3v) is 2.12. The van der Waals surface area contributed by atoms with Crippen molar-refractivity contribution in [3.8, 4) is 0 Å². The monoisotopic (exact) mass is 177 g/mol. The van der Waals surface area contributed by atoms with Crippen LogP contribution in [0.4, 0.5) is 0 Å². The summed E-state index contributed by atoms with van der Waals surface area (Å²) in [6, 6.07) is 0. The van der Waals surface area contributed by atoms with Crippen molar-refractivity contribution in [2.75, 3.05) is 0 Å². The van der Waals surface area contributed by atoms with E-state index in [2.05, 4.69) is 36.2 Å². The van der Waals surface area contributed by atoms with Gasteiger partial charge in [0.1, 0.15) is 0 Å². The van der Waals surface area contributed by atoms with Crippen LogP contribution in [0.25, 0.3) is 0 Å². The number of halogens is 1. The van der Waals surface area contributed by atoms with Crippen LogP contribution in [0.3, 0.4) is 0 Å². The standard InChI is InChI=1S/C7H14Br/c1-3-5-6-7(8)4-2/h6-7H,3-5H2,1-2H3. The Balaban J connectivity index is 2.86. The van der Waals surface area contributed by atoms with Crippen LogP contribution in [0, 0.1) is 6.42 Å². The van der Waals surface area contributed by atoms with E-state index >= 15 is 0 Å². The highest BCUT2D eigenvalue weighted by Crippen LogP contribution is 2.10. The van der Waals surface area contributed by atoms with Gasteiger partial charge in [0.2, 0.25) is 0 Å². The van der Waals surface area contributed by atoms with Crippen LogP contribution in [0.15, 0.2) is 0 Å². The van der Waals surface area contributed by atoms with Gasteiger partial charge in [0.05, 0.1) is 0 Å². The molecule has 0 spiro atoms. The van der Waals surface area contributed by atoms with Crippen molar-refractivity contribution in [2.45, 2.75) is 37.9 Å². The number of hydrogen-bond donors (Lipinski definition) is 0. The van der Waals surface area contributed by atoms with Crippen LogP contribution in [-0.2, 0) is 0 Å². The number of rotatable bonds is 4.